The average Bonchev–Trinajstić information content (AvgIpc) is 3.12. The first-order valence-corrected chi connectivity index (χ1v) is 13.8. The Balaban J connectivity index is 1.56. The summed E-state index contributed by atoms with van der Waals surface area (Å²) in [6.07, 6.45) is 1.61. The summed E-state index contributed by atoms with van der Waals surface area (Å²) in [6, 6.07) is 26.0. The number of benzene rings is 3. The van der Waals surface area contributed by atoms with Gasteiger partial charge in [-0.2, -0.15) is 0 Å². The number of amides is 1. The third-order valence-electron chi connectivity index (χ3n) is 7.14. The lowest BCUT2D eigenvalue weighted by Gasteiger charge is -2.45. The fraction of sp³-hybridized carbons (Fsp3) is 0.194. The maximum atomic E-state index is 13.9. The number of rotatable bonds is 4. The topological polar surface area (TPSA) is 71.8 Å². The molecule has 0 bridgehead atoms. The minimum atomic E-state index is -0.690. The standard InChI is InChI=1S/C31H27N3O4S/c1-20(2)32-19-34(27-23-13-7-6-12-22(23)18-39-26-15-9-8-14-24(26)27)33-17-16-25(35)29(28(33)30(32)36)38-31(37)21-10-4-3-5-11-21/h3-17,20,27H,18-19H2,1-2H3. The molecule has 1 aromatic heterocycles. The third-order valence-corrected chi connectivity index (χ3v) is 8.28. The summed E-state index contributed by atoms with van der Waals surface area (Å²) in [6.45, 7) is 4.16. The van der Waals surface area contributed by atoms with Gasteiger partial charge in [0.25, 0.3) is 5.91 Å². The number of aromatic nitrogens is 1. The van der Waals surface area contributed by atoms with Gasteiger partial charge in [0.15, 0.2) is 5.69 Å². The molecule has 196 valence electrons. The lowest BCUT2D eigenvalue weighted by molar-refractivity contribution is 0.0610. The van der Waals surface area contributed by atoms with Crippen molar-refractivity contribution in [1.82, 2.24) is 9.58 Å². The van der Waals surface area contributed by atoms with Gasteiger partial charge in [-0.15, -0.1) is 11.8 Å². The number of hydrogen-bond donors (Lipinski definition) is 0. The van der Waals surface area contributed by atoms with Crippen LogP contribution in [0.1, 0.15) is 57.4 Å². The molecule has 0 saturated carbocycles. The third kappa shape index (κ3) is 4.40. The molecule has 6 rings (SSSR count). The highest BCUT2D eigenvalue weighted by molar-refractivity contribution is 7.98. The first-order valence-electron chi connectivity index (χ1n) is 12.8. The van der Waals surface area contributed by atoms with Crippen molar-refractivity contribution >= 4 is 23.6 Å². The van der Waals surface area contributed by atoms with E-state index >= 15 is 0 Å². The predicted octanol–water partition coefficient (Wildman–Crippen LogP) is 5.22. The van der Waals surface area contributed by atoms with Gasteiger partial charge in [0.2, 0.25) is 11.2 Å². The molecular formula is C31H27N3O4S. The number of carbonyl (C=O) groups excluding carboxylic acids is 2. The molecule has 2 aliphatic rings. The van der Waals surface area contributed by atoms with Crippen molar-refractivity contribution in [3.05, 3.63) is 129 Å². The van der Waals surface area contributed by atoms with Crippen LogP contribution in [-0.4, -0.2) is 34.2 Å². The van der Waals surface area contributed by atoms with E-state index in [0.717, 1.165) is 21.8 Å². The minimum absolute atomic E-state index is 0.0404. The van der Waals surface area contributed by atoms with Gasteiger partial charge in [0.05, 0.1) is 11.6 Å². The van der Waals surface area contributed by atoms with Crippen molar-refractivity contribution in [3.8, 4) is 5.75 Å². The number of esters is 1. The van der Waals surface area contributed by atoms with Crippen molar-refractivity contribution < 1.29 is 14.3 Å². The molecule has 3 aromatic carbocycles. The molecule has 1 unspecified atom stereocenters. The average molecular weight is 538 g/mol. The molecule has 1 amide bonds. The van der Waals surface area contributed by atoms with Crippen LogP contribution in [0.3, 0.4) is 0 Å². The van der Waals surface area contributed by atoms with Crippen molar-refractivity contribution in [2.24, 2.45) is 0 Å². The normalized spacial score (nSPS) is 16.3. The second-order valence-electron chi connectivity index (χ2n) is 9.84. The van der Waals surface area contributed by atoms with Gasteiger partial charge in [-0.1, -0.05) is 60.7 Å². The first kappa shape index (κ1) is 25.0. The molecule has 0 spiro atoms. The van der Waals surface area contributed by atoms with Crippen molar-refractivity contribution in [2.75, 3.05) is 11.7 Å². The number of thioether (sulfide) groups is 1. The molecule has 8 heteroatoms. The van der Waals surface area contributed by atoms with Crippen LogP contribution < -0.4 is 15.2 Å². The van der Waals surface area contributed by atoms with E-state index in [-0.39, 0.29) is 36.1 Å². The van der Waals surface area contributed by atoms with E-state index in [1.54, 1.807) is 57.9 Å². The smallest absolute Gasteiger partial charge is 0.343 e. The molecule has 0 fully saturated rings. The zero-order valence-corrected chi connectivity index (χ0v) is 22.4. The van der Waals surface area contributed by atoms with E-state index in [0.29, 0.717) is 5.56 Å². The molecule has 0 saturated heterocycles. The van der Waals surface area contributed by atoms with E-state index in [4.69, 9.17) is 4.74 Å². The summed E-state index contributed by atoms with van der Waals surface area (Å²) < 4.78 is 7.38. The highest BCUT2D eigenvalue weighted by atomic mass is 32.2. The fourth-order valence-corrected chi connectivity index (χ4v) is 6.28. The van der Waals surface area contributed by atoms with Crippen LogP contribution in [0.4, 0.5) is 0 Å². The zero-order valence-electron chi connectivity index (χ0n) is 21.6. The quantitative estimate of drug-likeness (QED) is 0.333. The molecule has 1 atom stereocenters. The van der Waals surface area contributed by atoms with Crippen LogP contribution in [0.15, 0.2) is 101 Å². The Bertz CT molecular complexity index is 1590. The first-order chi connectivity index (χ1) is 18.9. The molecule has 39 heavy (non-hydrogen) atoms. The van der Waals surface area contributed by atoms with Crippen molar-refractivity contribution in [3.63, 3.8) is 0 Å². The fourth-order valence-electron chi connectivity index (χ4n) is 5.19. The Morgan fingerprint density at radius 2 is 1.59 bits per heavy atom. The number of fused-ring (bicyclic) bond motifs is 3. The number of hydrogen-bond acceptors (Lipinski definition) is 6. The molecular weight excluding hydrogens is 510 g/mol. The van der Waals surface area contributed by atoms with Gasteiger partial charge in [-0.3, -0.25) is 19.3 Å². The molecule has 4 aromatic rings. The van der Waals surface area contributed by atoms with Crippen LogP contribution >= 0.6 is 11.8 Å². The Kier molecular flexibility index (Phi) is 6.48. The van der Waals surface area contributed by atoms with Crippen molar-refractivity contribution in [2.45, 2.75) is 36.6 Å². The van der Waals surface area contributed by atoms with Gasteiger partial charge >= 0.3 is 5.97 Å². The van der Waals surface area contributed by atoms with Gasteiger partial charge in [-0.05, 0) is 48.7 Å². The van der Waals surface area contributed by atoms with Crippen LogP contribution in [0, 0.1) is 0 Å². The summed E-state index contributed by atoms with van der Waals surface area (Å²) in [7, 11) is 0. The Hall–Kier alpha value is -4.30. The SMILES string of the molecule is CC(C)N1CN(C2c3ccccc3CSc3ccccc32)n2ccc(=O)c(OC(=O)c3ccccc3)c2C1=O. The number of nitrogens with zero attached hydrogens (tertiary/aromatic N) is 3. The lowest BCUT2D eigenvalue weighted by atomic mass is 9.94. The maximum absolute atomic E-state index is 13.9. The Morgan fingerprint density at radius 3 is 2.36 bits per heavy atom. The highest BCUT2D eigenvalue weighted by Crippen LogP contribution is 2.43. The molecule has 0 radical (unpaired) electrons. The van der Waals surface area contributed by atoms with E-state index in [9.17, 15) is 14.4 Å². The highest BCUT2D eigenvalue weighted by Gasteiger charge is 2.40. The zero-order chi connectivity index (χ0) is 27.1. The van der Waals surface area contributed by atoms with Crippen LogP contribution in [0.2, 0.25) is 0 Å². The van der Waals surface area contributed by atoms with Crippen LogP contribution in [0.5, 0.6) is 5.75 Å². The van der Waals surface area contributed by atoms with Gasteiger partial charge in [0.1, 0.15) is 6.67 Å². The summed E-state index contributed by atoms with van der Waals surface area (Å²) in [5.41, 5.74) is 3.25. The van der Waals surface area contributed by atoms with Gasteiger partial charge < -0.3 is 9.64 Å². The number of ether oxygens (including phenoxy) is 1. The number of carbonyl (C=O) groups is 2. The van der Waals surface area contributed by atoms with E-state index in [1.165, 1.54) is 11.6 Å². The Labute approximate surface area is 230 Å². The monoisotopic (exact) mass is 537 g/mol. The maximum Gasteiger partial charge on any atom is 0.343 e. The van der Waals surface area contributed by atoms with E-state index in [2.05, 4.69) is 29.3 Å². The second-order valence-corrected chi connectivity index (χ2v) is 10.9. The summed E-state index contributed by atoms with van der Waals surface area (Å²) in [5, 5.41) is 2.08. The van der Waals surface area contributed by atoms with E-state index < -0.39 is 11.4 Å². The summed E-state index contributed by atoms with van der Waals surface area (Å²) >= 11 is 1.78. The summed E-state index contributed by atoms with van der Waals surface area (Å²) in [4.78, 5) is 42.9. The van der Waals surface area contributed by atoms with Gasteiger partial charge in [0, 0.05) is 29.0 Å². The molecule has 2 aliphatic heterocycles. The molecule has 3 heterocycles. The van der Waals surface area contributed by atoms with Crippen LogP contribution in [-0.2, 0) is 5.75 Å². The molecule has 0 N–H and O–H groups in total. The predicted molar refractivity (Wildman–Crippen MR) is 151 cm³/mol. The minimum Gasteiger partial charge on any atom is -0.416 e. The lowest BCUT2D eigenvalue weighted by Crippen LogP contribution is -2.57. The second kappa shape index (κ2) is 10.1. The van der Waals surface area contributed by atoms with Gasteiger partial charge in [-0.25, -0.2) is 4.79 Å². The van der Waals surface area contributed by atoms with Crippen LogP contribution in [0.25, 0.3) is 0 Å². The molecule has 0 aliphatic carbocycles. The Morgan fingerprint density at radius 1 is 0.897 bits per heavy atom. The van der Waals surface area contributed by atoms with E-state index in [1.807, 2.05) is 38.1 Å². The largest absolute Gasteiger partial charge is 0.416 e. The summed E-state index contributed by atoms with van der Waals surface area (Å²) in [5.74, 6) is -0.499. The van der Waals surface area contributed by atoms with Crippen molar-refractivity contribution in [1.29, 1.82) is 0 Å². The molecule has 7 nitrogen and oxygen atoms in total. The number of pyridine rings is 1.